The fraction of sp³-hybridized carbons (Fsp3) is 0.438. The summed E-state index contributed by atoms with van der Waals surface area (Å²) in [4.78, 5) is 14.5. The molecule has 0 spiro atoms. The molecule has 2 rings (SSSR count). The molecule has 0 aliphatic heterocycles. The van der Waals surface area contributed by atoms with Gasteiger partial charge < -0.3 is 29.0 Å². The number of carbonyl (C=O) groups excluding carboxylic acids is 1. The molecule has 126 valence electrons. The van der Waals surface area contributed by atoms with E-state index in [9.17, 15) is 4.79 Å². The largest absolute Gasteiger partial charge is 0.465 e. The maximum absolute atomic E-state index is 11.5. The Morgan fingerprint density at radius 2 is 2.09 bits per heavy atom. The van der Waals surface area contributed by atoms with Crippen molar-refractivity contribution in [1.29, 1.82) is 0 Å². The Morgan fingerprint density at radius 1 is 1.26 bits per heavy atom. The molecular formula is C16H21NO6. The maximum atomic E-state index is 11.5. The third kappa shape index (κ3) is 4.95. The van der Waals surface area contributed by atoms with E-state index in [0.717, 1.165) is 10.9 Å². The predicted molar refractivity (Wildman–Crippen MR) is 83.6 cm³/mol. The highest BCUT2D eigenvalue weighted by Gasteiger charge is 2.11. The van der Waals surface area contributed by atoms with Crippen LogP contribution in [0.2, 0.25) is 0 Å². The number of rotatable bonds is 9. The van der Waals surface area contributed by atoms with E-state index in [4.69, 9.17) is 19.3 Å². The van der Waals surface area contributed by atoms with Crippen LogP contribution in [0.4, 0.5) is 0 Å². The van der Waals surface area contributed by atoms with Crippen LogP contribution in [0.1, 0.15) is 17.4 Å². The lowest BCUT2D eigenvalue weighted by atomic mass is 10.2. The fourth-order valence-electron chi connectivity index (χ4n) is 2.06. The van der Waals surface area contributed by atoms with Crippen molar-refractivity contribution < 1.29 is 28.8 Å². The highest BCUT2D eigenvalue weighted by Crippen LogP contribution is 2.22. The second kappa shape index (κ2) is 8.52. The lowest BCUT2D eigenvalue weighted by molar-refractivity contribution is -0.0846. The molecule has 23 heavy (non-hydrogen) atoms. The van der Waals surface area contributed by atoms with Crippen LogP contribution in [0.3, 0.4) is 0 Å². The minimum absolute atomic E-state index is 0.00419. The maximum Gasteiger partial charge on any atom is 0.354 e. The first-order valence-corrected chi connectivity index (χ1v) is 7.32. The zero-order valence-corrected chi connectivity index (χ0v) is 13.2. The Balaban J connectivity index is 1.91. The molecule has 2 aromatic rings. The molecule has 0 saturated heterocycles. The highest BCUT2D eigenvalue weighted by molar-refractivity contribution is 5.95. The van der Waals surface area contributed by atoms with Crippen molar-refractivity contribution in [3.63, 3.8) is 0 Å². The van der Waals surface area contributed by atoms with Gasteiger partial charge >= 0.3 is 5.97 Å². The first-order valence-electron chi connectivity index (χ1n) is 7.32. The zero-order valence-electron chi connectivity index (χ0n) is 13.2. The van der Waals surface area contributed by atoms with Crippen LogP contribution >= 0.6 is 0 Å². The van der Waals surface area contributed by atoms with Crippen molar-refractivity contribution in [2.75, 3.05) is 33.5 Å². The number of methoxy groups -OCH3 is 1. The number of hydrogen-bond acceptors (Lipinski definition) is 6. The van der Waals surface area contributed by atoms with Crippen LogP contribution in [0, 0.1) is 0 Å². The summed E-state index contributed by atoms with van der Waals surface area (Å²) in [5.41, 5.74) is 1.17. The second-order valence-electron chi connectivity index (χ2n) is 4.82. The molecule has 1 aromatic heterocycles. The molecule has 0 radical (unpaired) electrons. The van der Waals surface area contributed by atoms with Crippen molar-refractivity contribution in [2.45, 2.75) is 13.2 Å². The van der Waals surface area contributed by atoms with E-state index in [1.165, 1.54) is 7.11 Å². The third-order valence-corrected chi connectivity index (χ3v) is 3.12. The van der Waals surface area contributed by atoms with Gasteiger partial charge in [0.15, 0.2) is 6.29 Å². The molecule has 7 nitrogen and oxygen atoms in total. The van der Waals surface area contributed by atoms with Crippen LogP contribution in [0.15, 0.2) is 24.3 Å². The topological polar surface area (TPSA) is 90.0 Å². The Morgan fingerprint density at radius 3 is 2.83 bits per heavy atom. The van der Waals surface area contributed by atoms with Crippen LogP contribution in [0.5, 0.6) is 5.75 Å². The summed E-state index contributed by atoms with van der Waals surface area (Å²) in [5, 5.41) is 9.48. The summed E-state index contributed by atoms with van der Waals surface area (Å²) in [6.45, 7) is 2.84. The van der Waals surface area contributed by atoms with E-state index in [1.54, 1.807) is 25.1 Å². The van der Waals surface area contributed by atoms with Gasteiger partial charge in [0.2, 0.25) is 0 Å². The number of H-pyrrole nitrogens is 1. The molecule has 0 bridgehead atoms. The summed E-state index contributed by atoms with van der Waals surface area (Å²) >= 11 is 0. The number of hydrogen-bond donors (Lipinski definition) is 2. The number of benzene rings is 1. The summed E-state index contributed by atoms with van der Waals surface area (Å²) in [5.74, 6) is 0.211. The van der Waals surface area contributed by atoms with Gasteiger partial charge in [0.1, 0.15) is 11.4 Å². The number of aromatic amines is 1. The minimum atomic E-state index is -0.444. The van der Waals surface area contributed by atoms with Crippen LogP contribution < -0.4 is 4.74 Å². The van der Waals surface area contributed by atoms with Gasteiger partial charge in [0, 0.05) is 17.0 Å². The molecular weight excluding hydrogens is 302 g/mol. The summed E-state index contributed by atoms with van der Waals surface area (Å²) in [6.07, 6.45) is -0.444. The molecule has 0 amide bonds. The van der Waals surface area contributed by atoms with Gasteiger partial charge in [-0.15, -0.1) is 0 Å². The van der Waals surface area contributed by atoms with Gasteiger partial charge in [0.05, 0.1) is 33.5 Å². The summed E-state index contributed by atoms with van der Waals surface area (Å²) < 4.78 is 20.9. The Labute approximate surface area is 134 Å². The molecule has 1 heterocycles. The number of fused-ring (bicyclic) bond motifs is 1. The zero-order chi connectivity index (χ0) is 16.7. The van der Waals surface area contributed by atoms with E-state index in [-0.39, 0.29) is 6.61 Å². The third-order valence-electron chi connectivity index (χ3n) is 3.12. The van der Waals surface area contributed by atoms with Crippen LogP contribution in [0.25, 0.3) is 10.9 Å². The predicted octanol–water partition coefficient (Wildman–Crippen LogP) is 1.70. The van der Waals surface area contributed by atoms with Crippen molar-refractivity contribution >= 4 is 16.9 Å². The molecule has 1 atom stereocenters. The molecule has 1 unspecified atom stereocenters. The average molecular weight is 323 g/mol. The summed E-state index contributed by atoms with van der Waals surface area (Å²) in [7, 11) is 1.34. The SMILES string of the molecule is COC(=O)c1cc2ccc(OC(C)OCCOCCO)cc2[nH]1. The smallest absolute Gasteiger partial charge is 0.354 e. The molecule has 0 saturated carbocycles. The number of nitrogens with one attached hydrogen (secondary N) is 1. The van der Waals surface area contributed by atoms with Gasteiger partial charge in [-0.1, -0.05) is 0 Å². The molecule has 2 N–H and O–H groups in total. The molecule has 0 aliphatic carbocycles. The van der Waals surface area contributed by atoms with E-state index < -0.39 is 12.3 Å². The first-order chi connectivity index (χ1) is 11.1. The van der Waals surface area contributed by atoms with Gasteiger partial charge in [-0.25, -0.2) is 4.79 Å². The van der Waals surface area contributed by atoms with E-state index in [0.29, 0.717) is 31.3 Å². The quantitative estimate of drug-likeness (QED) is 0.415. The summed E-state index contributed by atoms with van der Waals surface area (Å²) in [6, 6.07) is 7.18. The van der Waals surface area contributed by atoms with Crippen LogP contribution in [-0.2, 0) is 14.2 Å². The number of aliphatic hydroxyl groups excluding tert-OH is 1. The molecule has 0 fully saturated rings. The standard InChI is InChI=1S/C16H21NO6/c1-11(22-8-7-21-6-5-18)23-13-4-3-12-9-15(16(19)20-2)17-14(12)10-13/h3-4,9-11,17-18H,5-8H2,1-2H3. The Kier molecular flexibility index (Phi) is 6.40. The van der Waals surface area contributed by atoms with Crippen LogP contribution in [-0.4, -0.2) is 55.9 Å². The Hall–Kier alpha value is -2.09. The molecule has 1 aromatic carbocycles. The van der Waals surface area contributed by atoms with E-state index >= 15 is 0 Å². The second-order valence-corrected chi connectivity index (χ2v) is 4.82. The van der Waals surface area contributed by atoms with E-state index in [2.05, 4.69) is 9.72 Å². The minimum Gasteiger partial charge on any atom is -0.465 e. The number of esters is 1. The normalized spacial score (nSPS) is 12.3. The van der Waals surface area contributed by atoms with Gasteiger partial charge in [-0.3, -0.25) is 0 Å². The monoisotopic (exact) mass is 323 g/mol. The number of aliphatic hydroxyl groups is 1. The van der Waals surface area contributed by atoms with E-state index in [1.807, 2.05) is 6.07 Å². The highest BCUT2D eigenvalue weighted by atomic mass is 16.7. The molecule has 7 heteroatoms. The van der Waals surface area contributed by atoms with Crippen molar-refractivity contribution in [3.05, 3.63) is 30.0 Å². The number of aromatic nitrogens is 1. The molecule has 0 aliphatic rings. The number of carbonyl (C=O) groups is 1. The van der Waals surface area contributed by atoms with Gasteiger partial charge in [-0.05, 0) is 25.1 Å². The van der Waals surface area contributed by atoms with Crippen molar-refractivity contribution in [2.24, 2.45) is 0 Å². The van der Waals surface area contributed by atoms with Crippen molar-refractivity contribution in [3.8, 4) is 5.75 Å². The first kappa shape index (κ1) is 17.3. The average Bonchev–Trinajstić information content (AvgIpc) is 2.97. The lowest BCUT2D eigenvalue weighted by Crippen LogP contribution is -2.19. The Bertz CT molecular complexity index is 639. The van der Waals surface area contributed by atoms with Crippen molar-refractivity contribution in [1.82, 2.24) is 4.98 Å². The fourth-order valence-corrected chi connectivity index (χ4v) is 2.06. The number of ether oxygens (including phenoxy) is 4. The van der Waals surface area contributed by atoms with Gasteiger partial charge in [-0.2, -0.15) is 0 Å². The van der Waals surface area contributed by atoms with Gasteiger partial charge in [0.25, 0.3) is 0 Å². The lowest BCUT2D eigenvalue weighted by Gasteiger charge is -2.15.